The number of halogens is 1. The van der Waals surface area contributed by atoms with Gasteiger partial charge in [-0.05, 0) is 42.2 Å². The van der Waals surface area contributed by atoms with E-state index in [9.17, 15) is 9.59 Å². The zero-order valence-electron chi connectivity index (χ0n) is 21.1. The van der Waals surface area contributed by atoms with Gasteiger partial charge in [-0.2, -0.15) is 0 Å². The molecule has 0 aliphatic carbocycles. The maximum absolute atomic E-state index is 13.6. The number of hydrogen-bond donors (Lipinski definition) is 1. The van der Waals surface area contributed by atoms with Crippen molar-refractivity contribution in [2.75, 3.05) is 12.3 Å². The number of carbonyl (C=O) groups is 2. The molecule has 36 heavy (non-hydrogen) atoms. The molecule has 0 heterocycles. The monoisotopic (exact) mass is 522 g/mol. The minimum atomic E-state index is -0.615. The molecule has 3 rings (SSSR count). The van der Waals surface area contributed by atoms with Gasteiger partial charge in [-0.3, -0.25) is 9.59 Å². The van der Waals surface area contributed by atoms with Crippen molar-refractivity contribution in [2.24, 2.45) is 0 Å². The number of amides is 2. The van der Waals surface area contributed by atoms with E-state index in [1.165, 1.54) is 11.1 Å². The maximum Gasteiger partial charge on any atom is 0.243 e. The Morgan fingerprint density at radius 3 is 2.36 bits per heavy atom. The van der Waals surface area contributed by atoms with Gasteiger partial charge in [-0.1, -0.05) is 97.2 Å². The fourth-order valence-electron chi connectivity index (χ4n) is 3.92. The summed E-state index contributed by atoms with van der Waals surface area (Å²) in [6.07, 6.45) is 2.34. The Balaban J connectivity index is 1.82. The van der Waals surface area contributed by atoms with Gasteiger partial charge in [0.15, 0.2) is 0 Å². The van der Waals surface area contributed by atoms with E-state index in [2.05, 4.69) is 43.4 Å². The summed E-state index contributed by atoms with van der Waals surface area (Å²) in [5.74, 6) is 0.857. The van der Waals surface area contributed by atoms with Crippen LogP contribution in [0.4, 0.5) is 0 Å². The molecule has 4 nitrogen and oxygen atoms in total. The van der Waals surface area contributed by atoms with Crippen LogP contribution in [0.1, 0.15) is 42.0 Å². The van der Waals surface area contributed by atoms with Crippen LogP contribution in [0.5, 0.6) is 0 Å². The summed E-state index contributed by atoms with van der Waals surface area (Å²) >= 11 is 7.81. The molecular weight excluding hydrogens is 488 g/mol. The minimum Gasteiger partial charge on any atom is -0.354 e. The molecule has 0 aliphatic heterocycles. The zero-order chi connectivity index (χ0) is 25.8. The van der Waals surface area contributed by atoms with Gasteiger partial charge in [0.1, 0.15) is 6.04 Å². The number of hydrogen-bond acceptors (Lipinski definition) is 3. The highest BCUT2D eigenvalue weighted by Gasteiger charge is 2.30. The number of benzene rings is 3. The molecule has 1 atom stereocenters. The number of nitrogens with zero attached hydrogens (tertiary/aromatic N) is 1. The molecule has 3 aromatic carbocycles. The summed E-state index contributed by atoms with van der Waals surface area (Å²) in [5.41, 5.74) is 4.31. The summed E-state index contributed by atoms with van der Waals surface area (Å²) in [7, 11) is 0. The second-order valence-corrected chi connectivity index (χ2v) is 10.4. The standard InChI is InChI=1S/C30H35ClN2O2S/c1-3-4-17-32-30(35)28(19-24-9-6-5-7-10-24)33(20-26-11-8-12-27(31)18-26)29(34)22-36-21-25-15-13-23(2)14-16-25/h5-16,18,28H,3-4,17,19-22H2,1-2H3,(H,32,35)/t28-/m1/s1. The minimum absolute atomic E-state index is 0.0568. The van der Waals surface area contributed by atoms with Crippen LogP contribution in [0.2, 0.25) is 5.02 Å². The van der Waals surface area contributed by atoms with E-state index in [1.54, 1.807) is 16.7 Å². The van der Waals surface area contributed by atoms with Gasteiger partial charge in [0, 0.05) is 30.3 Å². The molecule has 1 N–H and O–H groups in total. The fourth-order valence-corrected chi connectivity index (χ4v) is 5.00. The molecule has 0 aliphatic rings. The topological polar surface area (TPSA) is 49.4 Å². The lowest BCUT2D eigenvalue weighted by Gasteiger charge is -2.31. The molecular formula is C30H35ClN2O2S. The number of aryl methyl sites for hydroxylation is 1. The Bertz CT molecular complexity index is 1110. The summed E-state index contributed by atoms with van der Waals surface area (Å²) in [6.45, 7) is 5.08. The van der Waals surface area contributed by atoms with Gasteiger partial charge in [0.05, 0.1) is 5.75 Å². The highest BCUT2D eigenvalue weighted by molar-refractivity contribution is 7.99. The number of nitrogens with one attached hydrogen (secondary N) is 1. The lowest BCUT2D eigenvalue weighted by Crippen LogP contribution is -2.51. The fraction of sp³-hybridized carbons (Fsp3) is 0.333. The molecule has 0 saturated carbocycles. The predicted octanol–water partition coefficient (Wildman–Crippen LogP) is 6.44. The van der Waals surface area contributed by atoms with E-state index in [0.717, 1.165) is 29.7 Å². The normalized spacial score (nSPS) is 11.6. The molecule has 0 aromatic heterocycles. The van der Waals surface area contributed by atoms with Crippen molar-refractivity contribution >= 4 is 35.2 Å². The third kappa shape index (κ3) is 9.03. The van der Waals surface area contributed by atoms with Crippen LogP contribution < -0.4 is 5.32 Å². The Kier molecular flexibility index (Phi) is 11.4. The molecule has 6 heteroatoms. The van der Waals surface area contributed by atoms with E-state index >= 15 is 0 Å². The zero-order valence-corrected chi connectivity index (χ0v) is 22.7. The molecule has 0 bridgehead atoms. The SMILES string of the molecule is CCCCNC(=O)[C@@H](Cc1ccccc1)N(Cc1cccc(Cl)c1)C(=O)CSCc1ccc(C)cc1. The van der Waals surface area contributed by atoms with Crippen molar-refractivity contribution in [1.29, 1.82) is 0 Å². The number of rotatable bonds is 13. The van der Waals surface area contributed by atoms with Crippen LogP contribution in [0.3, 0.4) is 0 Å². The number of carbonyl (C=O) groups excluding carboxylic acids is 2. The first kappa shape index (κ1) is 27.8. The quantitative estimate of drug-likeness (QED) is 0.263. The van der Waals surface area contributed by atoms with Gasteiger partial charge in [-0.15, -0.1) is 11.8 Å². The summed E-state index contributed by atoms with van der Waals surface area (Å²) < 4.78 is 0. The molecule has 0 saturated heterocycles. The first-order chi connectivity index (χ1) is 17.5. The molecule has 0 spiro atoms. The highest BCUT2D eigenvalue weighted by atomic mass is 35.5. The van der Waals surface area contributed by atoms with E-state index in [0.29, 0.717) is 30.3 Å². The van der Waals surface area contributed by atoms with Crippen LogP contribution in [0.25, 0.3) is 0 Å². The van der Waals surface area contributed by atoms with Crippen LogP contribution in [0, 0.1) is 6.92 Å². The molecule has 0 fully saturated rings. The molecule has 0 unspecified atom stereocenters. The Morgan fingerprint density at radius 2 is 1.67 bits per heavy atom. The van der Waals surface area contributed by atoms with Crippen LogP contribution in [-0.2, 0) is 28.3 Å². The van der Waals surface area contributed by atoms with Gasteiger partial charge >= 0.3 is 0 Å². The second kappa shape index (κ2) is 14.7. The van der Waals surface area contributed by atoms with Crippen LogP contribution in [0.15, 0.2) is 78.9 Å². The largest absolute Gasteiger partial charge is 0.354 e. The van der Waals surface area contributed by atoms with Crippen LogP contribution >= 0.6 is 23.4 Å². The van der Waals surface area contributed by atoms with Gasteiger partial charge in [-0.25, -0.2) is 0 Å². The van der Waals surface area contributed by atoms with Crippen molar-refractivity contribution in [3.05, 3.63) is 106 Å². The van der Waals surface area contributed by atoms with Gasteiger partial charge in [0.2, 0.25) is 11.8 Å². The number of thioether (sulfide) groups is 1. The van der Waals surface area contributed by atoms with E-state index in [4.69, 9.17) is 11.6 Å². The third-order valence-corrected chi connectivity index (χ3v) is 7.18. The third-order valence-electron chi connectivity index (χ3n) is 5.96. The van der Waals surface area contributed by atoms with E-state index < -0.39 is 6.04 Å². The van der Waals surface area contributed by atoms with Crippen molar-refractivity contribution < 1.29 is 9.59 Å². The Hall–Kier alpha value is -2.76. The van der Waals surface area contributed by atoms with Crippen molar-refractivity contribution in [3.63, 3.8) is 0 Å². The predicted molar refractivity (Wildman–Crippen MR) is 151 cm³/mol. The molecule has 0 radical (unpaired) electrons. The highest BCUT2D eigenvalue weighted by Crippen LogP contribution is 2.20. The number of unbranched alkanes of at least 4 members (excludes halogenated alkanes) is 1. The first-order valence-electron chi connectivity index (χ1n) is 12.4. The smallest absolute Gasteiger partial charge is 0.243 e. The average molecular weight is 523 g/mol. The summed E-state index contributed by atoms with van der Waals surface area (Å²) in [4.78, 5) is 28.8. The average Bonchev–Trinajstić information content (AvgIpc) is 2.88. The van der Waals surface area contributed by atoms with Crippen LogP contribution in [-0.4, -0.2) is 35.1 Å². The Labute approximate surface area is 224 Å². The molecule has 190 valence electrons. The lowest BCUT2D eigenvalue weighted by molar-refractivity contribution is -0.139. The first-order valence-corrected chi connectivity index (χ1v) is 14.0. The van der Waals surface area contributed by atoms with E-state index in [-0.39, 0.29) is 11.8 Å². The van der Waals surface area contributed by atoms with Gasteiger partial charge in [0.25, 0.3) is 0 Å². The lowest BCUT2D eigenvalue weighted by atomic mass is 10.0. The van der Waals surface area contributed by atoms with Crippen molar-refractivity contribution in [3.8, 4) is 0 Å². The van der Waals surface area contributed by atoms with Crippen molar-refractivity contribution in [2.45, 2.75) is 51.4 Å². The summed E-state index contributed by atoms with van der Waals surface area (Å²) in [5, 5.41) is 3.67. The summed E-state index contributed by atoms with van der Waals surface area (Å²) in [6, 6.07) is 25.1. The van der Waals surface area contributed by atoms with Crippen molar-refractivity contribution in [1.82, 2.24) is 10.2 Å². The van der Waals surface area contributed by atoms with Gasteiger partial charge < -0.3 is 10.2 Å². The molecule has 3 aromatic rings. The maximum atomic E-state index is 13.6. The molecule has 2 amide bonds. The van der Waals surface area contributed by atoms with E-state index in [1.807, 2.05) is 54.6 Å². The second-order valence-electron chi connectivity index (χ2n) is 8.98. The Morgan fingerprint density at radius 1 is 0.944 bits per heavy atom.